The van der Waals surface area contributed by atoms with E-state index in [2.05, 4.69) is 26.1 Å². The summed E-state index contributed by atoms with van der Waals surface area (Å²) in [4.78, 5) is 26.7. The first-order valence-electron chi connectivity index (χ1n) is 17.0. The topological polar surface area (TPSA) is 49.4 Å². The van der Waals surface area contributed by atoms with Gasteiger partial charge in [0.2, 0.25) is 11.8 Å². The number of carbonyl (C=O) groups is 2. The molecule has 4 heteroatoms. The van der Waals surface area contributed by atoms with Crippen LogP contribution in [0.5, 0.6) is 0 Å². The van der Waals surface area contributed by atoms with Gasteiger partial charge >= 0.3 is 0 Å². The molecule has 0 heterocycles. The van der Waals surface area contributed by atoms with Gasteiger partial charge in [0.05, 0.1) is 0 Å². The number of carbonyl (C=O) groups excluding carboxylic acids is 2. The lowest BCUT2D eigenvalue weighted by atomic mass is 10.0. The highest BCUT2D eigenvalue weighted by Gasteiger charge is 2.14. The number of amides is 2. The Hall–Kier alpha value is -1.06. The van der Waals surface area contributed by atoms with Crippen LogP contribution in [-0.2, 0) is 9.59 Å². The van der Waals surface area contributed by atoms with Crippen molar-refractivity contribution < 1.29 is 9.59 Å². The molecule has 0 bridgehead atoms. The van der Waals surface area contributed by atoms with Crippen molar-refractivity contribution in [1.82, 2.24) is 10.2 Å². The van der Waals surface area contributed by atoms with Gasteiger partial charge in [-0.2, -0.15) is 0 Å². The van der Waals surface area contributed by atoms with Crippen LogP contribution in [0.3, 0.4) is 0 Å². The van der Waals surface area contributed by atoms with Gasteiger partial charge in [-0.05, 0) is 19.8 Å². The summed E-state index contributed by atoms with van der Waals surface area (Å²) in [6, 6.07) is 0. The predicted octanol–water partition coefficient (Wildman–Crippen LogP) is 9.95. The SMILES string of the molecule is [CH2]CNC(=O)CCC(=O)N(CCCCCCCCCCCCCC)CCCCCCCCCCCCCC. The Morgan fingerprint density at radius 3 is 1.13 bits per heavy atom. The monoisotopic (exact) mass is 536 g/mol. The summed E-state index contributed by atoms with van der Waals surface area (Å²) in [5.74, 6) is 0.0828. The zero-order valence-electron chi connectivity index (χ0n) is 26.0. The van der Waals surface area contributed by atoms with Gasteiger partial charge in [0.25, 0.3) is 0 Å². The van der Waals surface area contributed by atoms with E-state index in [9.17, 15) is 9.59 Å². The second kappa shape index (κ2) is 30.5. The Bertz CT molecular complexity index is 481. The highest BCUT2D eigenvalue weighted by molar-refractivity contribution is 5.83. The minimum atomic E-state index is -0.0657. The average molecular weight is 536 g/mol. The van der Waals surface area contributed by atoms with Crippen LogP contribution in [0.25, 0.3) is 0 Å². The molecule has 0 saturated heterocycles. The van der Waals surface area contributed by atoms with Crippen LogP contribution in [-0.4, -0.2) is 36.3 Å². The lowest BCUT2D eigenvalue weighted by molar-refractivity contribution is -0.133. The first-order valence-corrected chi connectivity index (χ1v) is 17.0. The second-order valence-corrected chi connectivity index (χ2v) is 11.5. The molecule has 0 spiro atoms. The molecule has 4 nitrogen and oxygen atoms in total. The van der Waals surface area contributed by atoms with Crippen molar-refractivity contribution in [2.24, 2.45) is 0 Å². The molecule has 0 aliphatic carbocycles. The zero-order valence-corrected chi connectivity index (χ0v) is 26.0. The van der Waals surface area contributed by atoms with Crippen molar-refractivity contribution in [1.29, 1.82) is 0 Å². The Balaban J connectivity index is 4.00. The summed E-state index contributed by atoms with van der Waals surface area (Å²) >= 11 is 0. The van der Waals surface area contributed by atoms with Crippen molar-refractivity contribution in [2.45, 2.75) is 181 Å². The van der Waals surface area contributed by atoms with E-state index in [1.807, 2.05) is 4.90 Å². The molecule has 225 valence electrons. The van der Waals surface area contributed by atoms with E-state index >= 15 is 0 Å². The smallest absolute Gasteiger partial charge is 0.223 e. The number of nitrogens with one attached hydrogen (secondary N) is 1. The van der Waals surface area contributed by atoms with Gasteiger partial charge in [-0.3, -0.25) is 9.59 Å². The summed E-state index contributed by atoms with van der Waals surface area (Å²) in [7, 11) is 0. The summed E-state index contributed by atoms with van der Waals surface area (Å²) in [5.41, 5.74) is 0. The highest BCUT2D eigenvalue weighted by atomic mass is 16.2. The third-order valence-electron chi connectivity index (χ3n) is 7.80. The van der Waals surface area contributed by atoms with Gasteiger partial charge in [-0.15, -0.1) is 0 Å². The van der Waals surface area contributed by atoms with Crippen molar-refractivity contribution in [3.8, 4) is 0 Å². The van der Waals surface area contributed by atoms with Gasteiger partial charge in [0.1, 0.15) is 0 Å². The van der Waals surface area contributed by atoms with Crippen LogP contribution < -0.4 is 5.32 Å². The predicted molar refractivity (Wildman–Crippen MR) is 166 cm³/mol. The van der Waals surface area contributed by atoms with E-state index in [0.717, 1.165) is 25.9 Å². The molecule has 2 amide bonds. The van der Waals surface area contributed by atoms with Crippen LogP contribution in [0.4, 0.5) is 0 Å². The summed E-state index contributed by atoms with van der Waals surface area (Å²) < 4.78 is 0. The number of hydrogen-bond donors (Lipinski definition) is 1. The van der Waals surface area contributed by atoms with E-state index in [4.69, 9.17) is 0 Å². The molecule has 0 aliphatic heterocycles. The molecule has 0 fully saturated rings. The van der Waals surface area contributed by atoms with Crippen LogP contribution in [0.15, 0.2) is 0 Å². The van der Waals surface area contributed by atoms with Crippen LogP contribution in [0, 0.1) is 6.92 Å². The molecule has 1 radical (unpaired) electrons. The summed E-state index contributed by atoms with van der Waals surface area (Å²) in [6.45, 7) is 10.3. The Kier molecular flexibility index (Phi) is 29.6. The van der Waals surface area contributed by atoms with Crippen LogP contribution in [0.1, 0.15) is 181 Å². The maximum Gasteiger partial charge on any atom is 0.223 e. The Morgan fingerprint density at radius 2 is 0.816 bits per heavy atom. The molecule has 0 aromatic rings. The normalized spacial score (nSPS) is 11.1. The Morgan fingerprint density at radius 1 is 0.500 bits per heavy atom. The average Bonchev–Trinajstić information content (AvgIpc) is 2.91. The van der Waals surface area contributed by atoms with Crippen molar-refractivity contribution in [3.05, 3.63) is 6.92 Å². The van der Waals surface area contributed by atoms with Crippen molar-refractivity contribution in [2.75, 3.05) is 19.6 Å². The molecule has 0 rings (SSSR count). The number of unbranched alkanes of at least 4 members (excludes halogenated alkanes) is 22. The standard InChI is InChI=1S/C34H67N2O2/c1-4-7-9-11-13-15-17-19-21-23-25-27-31-36(34(38)30-29-33(37)35-6-3)32-28-26-24-22-20-18-16-14-12-10-8-5-2/h3-32H2,1-2H3,(H,35,37). The first-order chi connectivity index (χ1) is 18.7. The fraction of sp³-hybridized carbons (Fsp3) is 0.912. The molecule has 0 saturated carbocycles. The molecule has 1 N–H and O–H groups in total. The number of nitrogens with zero attached hydrogens (tertiary/aromatic N) is 1. The zero-order chi connectivity index (χ0) is 27.9. The molecule has 0 aliphatic rings. The molecule has 0 atom stereocenters. The lowest BCUT2D eigenvalue weighted by Crippen LogP contribution is -2.34. The molecule has 38 heavy (non-hydrogen) atoms. The molecule has 0 unspecified atom stereocenters. The van der Waals surface area contributed by atoms with Crippen molar-refractivity contribution >= 4 is 11.8 Å². The minimum Gasteiger partial charge on any atom is -0.356 e. The van der Waals surface area contributed by atoms with E-state index in [0.29, 0.717) is 13.0 Å². The number of rotatable bonds is 30. The number of hydrogen-bond acceptors (Lipinski definition) is 2. The largest absolute Gasteiger partial charge is 0.356 e. The fourth-order valence-corrected chi connectivity index (χ4v) is 5.25. The fourth-order valence-electron chi connectivity index (χ4n) is 5.25. The lowest BCUT2D eigenvalue weighted by Gasteiger charge is -2.23. The van der Waals surface area contributed by atoms with Gasteiger partial charge in [-0.25, -0.2) is 0 Å². The molecular formula is C34H67N2O2. The van der Waals surface area contributed by atoms with Crippen molar-refractivity contribution in [3.63, 3.8) is 0 Å². The van der Waals surface area contributed by atoms with E-state index in [1.54, 1.807) is 0 Å². The Labute approximate surface area is 238 Å². The minimum absolute atomic E-state index is 0.0657. The van der Waals surface area contributed by atoms with Gasteiger partial charge < -0.3 is 10.2 Å². The second-order valence-electron chi connectivity index (χ2n) is 11.5. The van der Waals surface area contributed by atoms with E-state index in [-0.39, 0.29) is 18.2 Å². The van der Waals surface area contributed by atoms with Crippen LogP contribution in [0.2, 0.25) is 0 Å². The van der Waals surface area contributed by atoms with Crippen LogP contribution >= 0.6 is 0 Å². The first kappa shape index (κ1) is 36.9. The summed E-state index contributed by atoms with van der Waals surface area (Å²) in [6.07, 6.45) is 32.6. The molecule has 0 aromatic heterocycles. The third kappa shape index (κ3) is 26.5. The van der Waals surface area contributed by atoms with E-state index in [1.165, 1.54) is 141 Å². The quantitative estimate of drug-likeness (QED) is 0.0930. The summed E-state index contributed by atoms with van der Waals surface area (Å²) in [5, 5.41) is 2.71. The third-order valence-corrected chi connectivity index (χ3v) is 7.80. The van der Waals surface area contributed by atoms with E-state index < -0.39 is 0 Å². The molecule has 0 aromatic carbocycles. The maximum absolute atomic E-state index is 12.8. The maximum atomic E-state index is 12.8. The van der Waals surface area contributed by atoms with Gasteiger partial charge in [0, 0.05) is 32.5 Å². The van der Waals surface area contributed by atoms with Gasteiger partial charge in [0.15, 0.2) is 0 Å². The van der Waals surface area contributed by atoms with Gasteiger partial charge in [-0.1, -0.05) is 155 Å². The highest BCUT2D eigenvalue weighted by Crippen LogP contribution is 2.14. The molecular weight excluding hydrogens is 468 g/mol.